The van der Waals surface area contributed by atoms with Crippen molar-refractivity contribution in [1.82, 2.24) is 0 Å². The highest BCUT2D eigenvalue weighted by Gasteiger charge is 2.14. The average molecular weight is 275 g/mol. The fourth-order valence-electron chi connectivity index (χ4n) is 1.03. The molecular weight excluding hydrogens is 260 g/mol. The molecular formula is C11H15BrO3. The largest absolute Gasteiger partial charge is 0.477 e. The molecule has 0 aliphatic heterocycles. The summed E-state index contributed by atoms with van der Waals surface area (Å²) in [6.07, 6.45) is 0. The molecule has 0 unspecified atom stereocenters. The van der Waals surface area contributed by atoms with Gasteiger partial charge in [0.2, 0.25) is 0 Å². The van der Waals surface area contributed by atoms with Gasteiger partial charge in [-0.2, -0.15) is 0 Å². The summed E-state index contributed by atoms with van der Waals surface area (Å²) in [5.41, 5.74) is 0. The van der Waals surface area contributed by atoms with Crippen LogP contribution in [0.1, 0.15) is 13.8 Å². The molecule has 0 atom stereocenters. The summed E-state index contributed by atoms with van der Waals surface area (Å²) in [4.78, 5) is 0. The van der Waals surface area contributed by atoms with Crippen molar-refractivity contribution in [3.63, 3.8) is 0 Å². The molecule has 1 aromatic rings. The van der Waals surface area contributed by atoms with Crippen molar-refractivity contribution in [2.45, 2.75) is 18.4 Å². The van der Waals surface area contributed by atoms with E-state index in [4.69, 9.17) is 14.2 Å². The van der Waals surface area contributed by atoms with Crippen LogP contribution in [0, 0.1) is 0 Å². The molecule has 0 aliphatic carbocycles. The lowest BCUT2D eigenvalue weighted by molar-refractivity contribution is 0.0508. The molecule has 0 saturated carbocycles. The molecule has 0 spiro atoms. The van der Waals surface area contributed by atoms with E-state index in [1.165, 1.54) is 0 Å². The van der Waals surface area contributed by atoms with Gasteiger partial charge in [0.1, 0.15) is 11.5 Å². The predicted molar refractivity (Wildman–Crippen MR) is 62.6 cm³/mol. The van der Waals surface area contributed by atoms with E-state index in [9.17, 15) is 0 Å². The van der Waals surface area contributed by atoms with E-state index >= 15 is 0 Å². The third kappa shape index (κ3) is 5.04. The number of hydrogen-bond acceptors (Lipinski definition) is 3. The third-order valence-electron chi connectivity index (χ3n) is 1.51. The highest BCUT2D eigenvalue weighted by molar-refractivity contribution is 9.10. The first-order valence-corrected chi connectivity index (χ1v) is 5.40. The zero-order valence-electron chi connectivity index (χ0n) is 9.12. The summed E-state index contributed by atoms with van der Waals surface area (Å²) in [6.45, 7) is 4.09. The first kappa shape index (κ1) is 12.3. The number of alkyl halides is 1. The van der Waals surface area contributed by atoms with Gasteiger partial charge in [0.25, 0.3) is 0 Å². The quantitative estimate of drug-likeness (QED) is 0.610. The van der Waals surface area contributed by atoms with Crippen LogP contribution in [-0.2, 0) is 4.74 Å². The zero-order valence-corrected chi connectivity index (χ0v) is 10.7. The Morgan fingerprint density at radius 3 is 2.53 bits per heavy atom. The number of halogens is 1. The molecule has 0 aliphatic rings. The maximum absolute atomic E-state index is 5.62. The molecule has 1 aromatic carbocycles. The number of benzene rings is 1. The first-order valence-electron chi connectivity index (χ1n) is 4.61. The summed E-state index contributed by atoms with van der Waals surface area (Å²) in [6, 6.07) is 7.43. The summed E-state index contributed by atoms with van der Waals surface area (Å²) >= 11 is 3.40. The average Bonchev–Trinajstić information content (AvgIpc) is 2.12. The Kier molecular flexibility index (Phi) is 4.42. The maximum Gasteiger partial charge on any atom is 0.188 e. The normalized spacial score (nSPS) is 11.2. The molecule has 3 nitrogen and oxygen atoms in total. The van der Waals surface area contributed by atoms with Gasteiger partial charge in [-0.05, 0) is 41.9 Å². The van der Waals surface area contributed by atoms with E-state index in [0.29, 0.717) is 0 Å². The number of rotatable bonds is 5. The Hall–Kier alpha value is -0.740. The fraction of sp³-hybridized carbons (Fsp3) is 0.455. The predicted octanol–water partition coefficient (Wildman–Crippen LogP) is 3.18. The smallest absolute Gasteiger partial charge is 0.188 e. The van der Waals surface area contributed by atoms with Gasteiger partial charge in [-0.1, -0.05) is 6.07 Å². The van der Waals surface area contributed by atoms with Crippen LogP contribution in [0.2, 0.25) is 0 Å². The molecule has 0 amide bonds. The van der Waals surface area contributed by atoms with Gasteiger partial charge in [-0.25, -0.2) is 0 Å². The van der Waals surface area contributed by atoms with Crippen LogP contribution in [0.15, 0.2) is 24.3 Å². The van der Waals surface area contributed by atoms with Crippen molar-refractivity contribution in [2.24, 2.45) is 0 Å². The molecule has 0 saturated heterocycles. The van der Waals surface area contributed by atoms with Crippen LogP contribution >= 0.6 is 15.9 Å². The van der Waals surface area contributed by atoms with Crippen molar-refractivity contribution >= 4 is 15.9 Å². The molecule has 1 rings (SSSR count). The van der Waals surface area contributed by atoms with Gasteiger partial charge in [0.15, 0.2) is 11.3 Å². The van der Waals surface area contributed by atoms with Crippen molar-refractivity contribution in [3.8, 4) is 11.5 Å². The highest BCUT2D eigenvalue weighted by atomic mass is 79.9. The van der Waals surface area contributed by atoms with Crippen molar-refractivity contribution in [1.29, 1.82) is 0 Å². The summed E-state index contributed by atoms with van der Waals surface area (Å²) in [5, 5.41) is 0. The molecule has 0 radical (unpaired) electrons. The summed E-state index contributed by atoms with van der Waals surface area (Å²) in [5.74, 6) is 1.48. The minimum Gasteiger partial charge on any atom is -0.477 e. The molecule has 84 valence electrons. The SMILES string of the molecule is COCOc1cccc(OC(C)(C)Br)c1. The van der Waals surface area contributed by atoms with Gasteiger partial charge in [0.05, 0.1) is 0 Å². The minimum absolute atomic E-state index is 0.237. The lowest BCUT2D eigenvalue weighted by atomic mass is 10.3. The fourth-order valence-corrected chi connectivity index (χ4v) is 1.22. The Morgan fingerprint density at radius 2 is 1.93 bits per heavy atom. The van der Waals surface area contributed by atoms with Crippen LogP contribution in [0.25, 0.3) is 0 Å². The van der Waals surface area contributed by atoms with E-state index in [-0.39, 0.29) is 11.3 Å². The molecule has 0 fully saturated rings. The minimum atomic E-state index is -0.382. The number of hydrogen-bond donors (Lipinski definition) is 0. The molecule has 0 heterocycles. The molecule has 0 N–H and O–H groups in total. The van der Waals surface area contributed by atoms with Crippen LogP contribution in [0.4, 0.5) is 0 Å². The third-order valence-corrected chi connectivity index (χ3v) is 1.67. The van der Waals surface area contributed by atoms with Gasteiger partial charge in [-0.3, -0.25) is 0 Å². The topological polar surface area (TPSA) is 27.7 Å². The summed E-state index contributed by atoms with van der Waals surface area (Å²) in [7, 11) is 1.59. The van der Waals surface area contributed by atoms with E-state index in [0.717, 1.165) is 11.5 Å². The standard InChI is InChI=1S/C11H15BrO3/c1-11(2,12)15-10-6-4-5-9(7-10)14-8-13-3/h4-7H,8H2,1-3H3. The van der Waals surface area contributed by atoms with Gasteiger partial charge < -0.3 is 14.2 Å². The van der Waals surface area contributed by atoms with Crippen LogP contribution in [0.5, 0.6) is 11.5 Å². The van der Waals surface area contributed by atoms with E-state index in [1.54, 1.807) is 7.11 Å². The van der Waals surface area contributed by atoms with Gasteiger partial charge in [-0.15, -0.1) is 0 Å². The maximum atomic E-state index is 5.62. The summed E-state index contributed by atoms with van der Waals surface area (Å²) < 4.78 is 15.3. The van der Waals surface area contributed by atoms with Crippen LogP contribution in [-0.4, -0.2) is 18.4 Å². The second-order valence-electron chi connectivity index (χ2n) is 3.49. The zero-order chi connectivity index (χ0) is 11.3. The van der Waals surface area contributed by atoms with E-state index in [1.807, 2.05) is 38.1 Å². The van der Waals surface area contributed by atoms with Crippen molar-refractivity contribution < 1.29 is 14.2 Å². The van der Waals surface area contributed by atoms with E-state index < -0.39 is 0 Å². The van der Waals surface area contributed by atoms with Crippen LogP contribution < -0.4 is 9.47 Å². The highest BCUT2D eigenvalue weighted by Crippen LogP contribution is 2.26. The van der Waals surface area contributed by atoms with Crippen molar-refractivity contribution in [3.05, 3.63) is 24.3 Å². The van der Waals surface area contributed by atoms with Gasteiger partial charge >= 0.3 is 0 Å². The Morgan fingerprint density at radius 1 is 1.27 bits per heavy atom. The molecule has 15 heavy (non-hydrogen) atoms. The molecule has 0 aromatic heterocycles. The lowest BCUT2D eigenvalue weighted by Gasteiger charge is -2.19. The Bertz CT molecular complexity index is 307. The second kappa shape index (κ2) is 5.37. The molecule has 0 bridgehead atoms. The first-order chi connectivity index (χ1) is 7.01. The number of methoxy groups -OCH3 is 1. The Labute approximate surface area is 98.5 Å². The Balaban J connectivity index is 2.66. The molecule has 4 heteroatoms. The van der Waals surface area contributed by atoms with Crippen molar-refractivity contribution in [2.75, 3.05) is 13.9 Å². The van der Waals surface area contributed by atoms with E-state index in [2.05, 4.69) is 15.9 Å². The number of ether oxygens (including phenoxy) is 3. The van der Waals surface area contributed by atoms with Crippen LogP contribution in [0.3, 0.4) is 0 Å². The second-order valence-corrected chi connectivity index (χ2v) is 5.40. The monoisotopic (exact) mass is 274 g/mol. The lowest BCUT2D eigenvalue weighted by Crippen LogP contribution is -2.18. The van der Waals surface area contributed by atoms with Gasteiger partial charge in [0, 0.05) is 13.2 Å².